The van der Waals surface area contributed by atoms with Gasteiger partial charge >= 0.3 is 11.9 Å². The van der Waals surface area contributed by atoms with Crippen molar-refractivity contribution >= 4 is 11.9 Å². The van der Waals surface area contributed by atoms with E-state index in [2.05, 4.69) is 6.92 Å². The molecule has 2 rings (SSSR count). The second-order valence-corrected chi connectivity index (χ2v) is 5.76. The van der Waals surface area contributed by atoms with Crippen LogP contribution in [0.4, 0.5) is 0 Å². The molecular weight excluding hydrogens is 244 g/mol. The predicted octanol–water partition coefficient (Wildman–Crippen LogP) is 2.84. The van der Waals surface area contributed by atoms with E-state index in [1.807, 2.05) is 6.92 Å². The molecular formula is C15H24O4. The van der Waals surface area contributed by atoms with Gasteiger partial charge in [-0.2, -0.15) is 0 Å². The summed E-state index contributed by atoms with van der Waals surface area (Å²) in [6.45, 7) is 4.04. The Morgan fingerprint density at radius 2 is 1.63 bits per heavy atom. The summed E-state index contributed by atoms with van der Waals surface area (Å²) in [7, 11) is 0. The monoisotopic (exact) mass is 268 g/mol. The molecule has 0 amide bonds. The Kier molecular flexibility index (Phi) is 4.83. The Morgan fingerprint density at radius 1 is 0.947 bits per heavy atom. The number of fused-ring (bicyclic) bond motifs is 1. The maximum absolute atomic E-state index is 11.6. The fourth-order valence-corrected chi connectivity index (χ4v) is 3.12. The van der Waals surface area contributed by atoms with Gasteiger partial charge in [-0.1, -0.05) is 46.0 Å². The number of hydrogen-bond donors (Lipinski definition) is 0. The molecule has 0 aliphatic carbocycles. The zero-order valence-corrected chi connectivity index (χ0v) is 11.9. The Labute approximate surface area is 114 Å². The van der Waals surface area contributed by atoms with E-state index in [-0.39, 0.29) is 29.9 Å². The van der Waals surface area contributed by atoms with Crippen LogP contribution in [0.15, 0.2) is 0 Å². The number of esters is 2. The van der Waals surface area contributed by atoms with Crippen molar-refractivity contribution in [2.45, 2.75) is 71.0 Å². The molecule has 2 aliphatic rings. The highest BCUT2D eigenvalue weighted by atomic mass is 16.6. The number of unbranched alkanes of at least 4 members (excludes halogenated alkanes) is 5. The van der Waals surface area contributed by atoms with Crippen LogP contribution in [0.2, 0.25) is 0 Å². The van der Waals surface area contributed by atoms with Gasteiger partial charge in [0.15, 0.2) is 0 Å². The normalized spacial score (nSPS) is 33.2. The molecule has 19 heavy (non-hydrogen) atoms. The van der Waals surface area contributed by atoms with Gasteiger partial charge in [0.05, 0.1) is 11.8 Å². The molecule has 0 radical (unpaired) electrons. The van der Waals surface area contributed by atoms with Gasteiger partial charge in [-0.05, 0) is 12.8 Å². The molecule has 0 aromatic heterocycles. The highest BCUT2D eigenvalue weighted by Crippen LogP contribution is 2.40. The van der Waals surface area contributed by atoms with Crippen LogP contribution in [0.5, 0.6) is 0 Å². The zero-order valence-electron chi connectivity index (χ0n) is 11.9. The second kappa shape index (κ2) is 6.40. The molecule has 2 aliphatic heterocycles. The largest absolute Gasteiger partial charge is 0.459 e. The van der Waals surface area contributed by atoms with Crippen molar-refractivity contribution < 1.29 is 19.1 Å². The zero-order chi connectivity index (χ0) is 13.8. The van der Waals surface area contributed by atoms with E-state index >= 15 is 0 Å². The average molecular weight is 268 g/mol. The third-order valence-corrected chi connectivity index (χ3v) is 4.31. The Bertz CT molecular complexity index is 339. The molecule has 4 unspecified atom stereocenters. The topological polar surface area (TPSA) is 52.6 Å². The number of hydrogen-bond acceptors (Lipinski definition) is 4. The van der Waals surface area contributed by atoms with Gasteiger partial charge in [0.1, 0.15) is 6.10 Å². The molecule has 2 fully saturated rings. The third-order valence-electron chi connectivity index (χ3n) is 4.31. The van der Waals surface area contributed by atoms with Gasteiger partial charge in [0.25, 0.3) is 0 Å². The molecule has 108 valence electrons. The number of cyclic esters (lactones) is 1. The summed E-state index contributed by atoms with van der Waals surface area (Å²) in [5.74, 6) is -0.865. The van der Waals surface area contributed by atoms with Gasteiger partial charge in [-0.15, -0.1) is 0 Å². The lowest BCUT2D eigenvalue weighted by Gasteiger charge is -2.16. The number of carbonyl (C=O) groups excluding carboxylic acids is 2. The van der Waals surface area contributed by atoms with Crippen molar-refractivity contribution in [1.29, 1.82) is 0 Å². The van der Waals surface area contributed by atoms with E-state index in [1.54, 1.807) is 0 Å². The lowest BCUT2D eigenvalue weighted by atomic mass is 9.86. The fraction of sp³-hybridized carbons (Fsp3) is 0.867. The molecule has 4 nitrogen and oxygen atoms in total. The van der Waals surface area contributed by atoms with Gasteiger partial charge in [0, 0.05) is 0 Å². The summed E-state index contributed by atoms with van der Waals surface area (Å²) in [6.07, 6.45) is 7.42. The maximum atomic E-state index is 11.6. The minimum absolute atomic E-state index is 0.0596. The van der Waals surface area contributed by atoms with Crippen LogP contribution in [-0.4, -0.2) is 24.1 Å². The maximum Gasteiger partial charge on any atom is 0.348 e. The summed E-state index contributed by atoms with van der Waals surface area (Å²) < 4.78 is 10.4. The first-order valence-electron chi connectivity index (χ1n) is 7.56. The van der Waals surface area contributed by atoms with Crippen molar-refractivity contribution in [2.75, 3.05) is 0 Å². The van der Waals surface area contributed by atoms with Crippen LogP contribution in [0.25, 0.3) is 0 Å². The fourth-order valence-electron chi connectivity index (χ4n) is 3.12. The number of carbonyl (C=O) groups is 2. The highest BCUT2D eigenvalue weighted by molar-refractivity contribution is 5.87. The first kappa shape index (κ1) is 14.4. The van der Waals surface area contributed by atoms with Crippen LogP contribution < -0.4 is 0 Å². The summed E-state index contributed by atoms with van der Waals surface area (Å²) >= 11 is 0. The summed E-state index contributed by atoms with van der Waals surface area (Å²) in [6, 6.07) is 0. The molecule has 0 bridgehead atoms. The molecule has 4 heteroatoms. The molecule has 0 aromatic rings. The lowest BCUT2D eigenvalue weighted by Crippen LogP contribution is -2.25. The predicted molar refractivity (Wildman–Crippen MR) is 70.4 cm³/mol. The SMILES string of the molecule is CCCCCCCCC1OC(=O)C2OC(=O)C(C)C12. The summed E-state index contributed by atoms with van der Waals surface area (Å²) in [4.78, 5) is 23.1. The van der Waals surface area contributed by atoms with Gasteiger partial charge < -0.3 is 9.47 Å². The number of ether oxygens (including phenoxy) is 2. The quantitative estimate of drug-likeness (QED) is 0.526. The Morgan fingerprint density at radius 3 is 2.37 bits per heavy atom. The standard InChI is InChI=1S/C15H24O4/c1-3-4-5-6-7-8-9-11-12-10(2)14(16)19-13(12)15(17)18-11/h10-13H,3-9H2,1-2H3. The van der Waals surface area contributed by atoms with Crippen molar-refractivity contribution in [3.63, 3.8) is 0 Å². The van der Waals surface area contributed by atoms with Crippen molar-refractivity contribution in [2.24, 2.45) is 11.8 Å². The van der Waals surface area contributed by atoms with Crippen LogP contribution in [0.1, 0.15) is 58.8 Å². The van der Waals surface area contributed by atoms with E-state index in [1.165, 1.54) is 32.1 Å². The van der Waals surface area contributed by atoms with Crippen LogP contribution in [0.3, 0.4) is 0 Å². The third kappa shape index (κ3) is 3.10. The first-order valence-corrected chi connectivity index (χ1v) is 7.56. The van der Waals surface area contributed by atoms with Crippen molar-refractivity contribution in [3.8, 4) is 0 Å². The lowest BCUT2D eigenvalue weighted by molar-refractivity contribution is -0.159. The summed E-state index contributed by atoms with van der Waals surface area (Å²) in [5, 5.41) is 0. The number of rotatable bonds is 7. The molecule has 2 heterocycles. The molecule has 0 saturated carbocycles. The van der Waals surface area contributed by atoms with Crippen molar-refractivity contribution in [1.82, 2.24) is 0 Å². The highest BCUT2D eigenvalue weighted by Gasteiger charge is 2.56. The molecule has 4 atom stereocenters. The molecule has 0 spiro atoms. The first-order chi connectivity index (χ1) is 9.15. The Balaban J connectivity index is 1.75. The van der Waals surface area contributed by atoms with Crippen LogP contribution >= 0.6 is 0 Å². The minimum atomic E-state index is -0.632. The van der Waals surface area contributed by atoms with E-state index < -0.39 is 6.10 Å². The van der Waals surface area contributed by atoms with Gasteiger partial charge in [-0.3, -0.25) is 4.79 Å². The summed E-state index contributed by atoms with van der Waals surface area (Å²) in [5.41, 5.74) is 0. The molecule has 2 saturated heterocycles. The second-order valence-electron chi connectivity index (χ2n) is 5.76. The van der Waals surface area contributed by atoms with Crippen LogP contribution in [-0.2, 0) is 19.1 Å². The minimum Gasteiger partial charge on any atom is -0.459 e. The molecule has 0 N–H and O–H groups in total. The van der Waals surface area contributed by atoms with Crippen molar-refractivity contribution in [3.05, 3.63) is 0 Å². The smallest absolute Gasteiger partial charge is 0.348 e. The van der Waals surface area contributed by atoms with E-state index in [0.717, 1.165) is 12.8 Å². The van der Waals surface area contributed by atoms with Gasteiger partial charge in [0.2, 0.25) is 6.10 Å². The van der Waals surface area contributed by atoms with E-state index in [4.69, 9.17) is 9.47 Å². The van der Waals surface area contributed by atoms with E-state index in [0.29, 0.717) is 0 Å². The Hall–Kier alpha value is -1.06. The average Bonchev–Trinajstić information content (AvgIpc) is 2.84. The van der Waals surface area contributed by atoms with Crippen LogP contribution in [0, 0.1) is 11.8 Å². The van der Waals surface area contributed by atoms with Gasteiger partial charge in [-0.25, -0.2) is 4.79 Å². The molecule has 0 aromatic carbocycles. The van der Waals surface area contributed by atoms with E-state index in [9.17, 15) is 9.59 Å².